The van der Waals surface area contributed by atoms with Crippen molar-refractivity contribution < 1.29 is 23.4 Å². The van der Waals surface area contributed by atoms with Crippen molar-refractivity contribution in [2.24, 2.45) is 0 Å². The molecule has 0 saturated carbocycles. The third-order valence-electron chi connectivity index (χ3n) is 1.59. The summed E-state index contributed by atoms with van der Waals surface area (Å²) in [5, 5.41) is 0. The van der Waals surface area contributed by atoms with Crippen LogP contribution in [0.3, 0.4) is 0 Å². The van der Waals surface area contributed by atoms with Crippen LogP contribution >= 0.6 is 19.6 Å². The molecule has 0 aliphatic carbocycles. The predicted molar refractivity (Wildman–Crippen MR) is 60.6 cm³/mol. The molecule has 0 fully saturated rings. The van der Waals surface area contributed by atoms with Crippen LogP contribution in [-0.4, -0.2) is 31.1 Å². The van der Waals surface area contributed by atoms with E-state index in [9.17, 15) is 9.36 Å². The first kappa shape index (κ1) is 15.5. The van der Waals surface area contributed by atoms with Crippen LogP contribution < -0.4 is 0 Å². The summed E-state index contributed by atoms with van der Waals surface area (Å²) < 4.78 is 26.3. The molecule has 92 valence electrons. The van der Waals surface area contributed by atoms with E-state index in [0.29, 0.717) is 6.42 Å². The van der Waals surface area contributed by atoms with Gasteiger partial charge in [-0.15, -0.1) is 16.1 Å². The first-order valence-corrected chi connectivity index (χ1v) is 6.41. The average molecular weight is 270 g/mol. The maximum Gasteiger partial charge on any atom is 0.560 e. The molecular weight excluding hydrogens is 255 g/mol. The maximum absolute atomic E-state index is 11.6. The molecule has 0 aliphatic rings. The van der Waals surface area contributed by atoms with Crippen molar-refractivity contribution in [3.8, 4) is 0 Å². The molecule has 5 nitrogen and oxygen atoms in total. The number of ether oxygens (including phenoxy) is 2. The van der Waals surface area contributed by atoms with Crippen LogP contribution in [0.1, 0.15) is 13.3 Å². The highest BCUT2D eigenvalue weighted by molar-refractivity contribution is 7.40. The zero-order valence-corrected chi connectivity index (χ0v) is 10.9. The molecule has 0 bridgehead atoms. The Morgan fingerprint density at radius 2 is 2.25 bits per heavy atom. The second-order valence-electron chi connectivity index (χ2n) is 2.71. The molecule has 0 aromatic rings. The number of carbonyl (C=O) groups excluding carboxylic acids is 1. The van der Waals surface area contributed by atoms with E-state index in [4.69, 9.17) is 25.6 Å². The number of esters is 1. The summed E-state index contributed by atoms with van der Waals surface area (Å²) in [6.07, 6.45) is 1.16. The Balaban J connectivity index is 4.30. The van der Waals surface area contributed by atoms with E-state index in [-0.39, 0.29) is 5.88 Å². The molecule has 0 radical (unpaired) electrons. The van der Waals surface area contributed by atoms with Crippen LogP contribution in [0.15, 0.2) is 12.7 Å². The second-order valence-corrected chi connectivity index (χ2v) is 4.27. The summed E-state index contributed by atoms with van der Waals surface area (Å²) in [4.78, 5) is 10.9. The van der Waals surface area contributed by atoms with E-state index in [1.54, 1.807) is 0 Å². The maximum atomic E-state index is 11.6. The van der Waals surface area contributed by atoms with Gasteiger partial charge in [-0.05, 0) is 4.57 Å². The first-order chi connectivity index (χ1) is 7.58. The summed E-state index contributed by atoms with van der Waals surface area (Å²) in [7, 11) is -0.793. The summed E-state index contributed by atoms with van der Waals surface area (Å²) in [5.41, 5.74) is 0. The van der Waals surface area contributed by atoms with Crippen molar-refractivity contribution in [2.45, 2.75) is 25.5 Å². The molecule has 0 saturated heterocycles. The highest BCUT2D eigenvalue weighted by Gasteiger charge is 2.36. The van der Waals surface area contributed by atoms with Crippen molar-refractivity contribution in [3.63, 3.8) is 0 Å². The van der Waals surface area contributed by atoms with Gasteiger partial charge in [0.2, 0.25) is 6.29 Å². The van der Waals surface area contributed by atoms with E-state index < -0.39 is 26.1 Å². The lowest BCUT2D eigenvalue weighted by molar-refractivity contribution is -0.141. The number of carbonyl (C=O) groups is 1. The number of halogens is 1. The van der Waals surface area contributed by atoms with Gasteiger partial charge in [0.05, 0.1) is 0 Å². The number of methoxy groups -OCH3 is 1. The van der Waals surface area contributed by atoms with E-state index in [1.165, 1.54) is 13.2 Å². The minimum absolute atomic E-state index is 0.311. The van der Waals surface area contributed by atoms with Crippen molar-refractivity contribution in [2.75, 3.05) is 13.0 Å². The molecule has 0 aromatic carbocycles. The van der Waals surface area contributed by atoms with Crippen LogP contribution in [-0.2, 0) is 23.4 Å². The predicted octanol–water partition coefficient (Wildman–Crippen LogP) is 2.42. The van der Waals surface area contributed by atoms with Gasteiger partial charge in [-0.25, -0.2) is 0 Å². The fourth-order valence-electron chi connectivity index (χ4n) is 0.803. The lowest BCUT2D eigenvalue weighted by atomic mass is 10.5. The lowest BCUT2D eigenvalue weighted by Crippen LogP contribution is -2.17. The molecular formula is C9H15ClO5P+. The lowest BCUT2D eigenvalue weighted by Gasteiger charge is -2.07. The van der Waals surface area contributed by atoms with Gasteiger partial charge in [0.15, 0.2) is 0 Å². The van der Waals surface area contributed by atoms with Gasteiger partial charge in [-0.1, -0.05) is 13.5 Å². The number of hydrogen-bond donors (Lipinski definition) is 0. The largest absolute Gasteiger partial charge is 0.560 e. The Morgan fingerprint density at radius 3 is 2.62 bits per heavy atom. The van der Waals surface area contributed by atoms with Crippen LogP contribution in [0.2, 0.25) is 0 Å². The minimum atomic E-state index is -2.23. The normalized spacial score (nSPS) is 15.1. The van der Waals surface area contributed by atoms with Gasteiger partial charge < -0.3 is 9.47 Å². The molecule has 0 aliphatic heterocycles. The molecule has 0 rings (SSSR count). The Bertz CT molecular complexity index is 254. The highest BCUT2D eigenvalue weighted by atomic mass is 35.5. The highest BCUT2D eigenvalue weighted by Crippen LogP contribution is 2.33. The SMILES string of the molecule is C=CC(OC(=O)CCl)[P+](=O)OC(CC)OC. The van der Waals surface area contributed by atoms with Gasteiger partial charge in [0, 0.05) is 19.6 Å². The molecule has 0 heterocycles. The standard InChI is InChI=1S/C9H15ClO5P/c1-4-8(13-3)15-16(12)9(5-2)14-7(11)6-10/h5,8-9H,2,4,6H2,1,3H3/q+1. The van der Waals surface area contributed by atoms with Crippen molar-refractivity contribution in [1.29, 1.82) is 0 Å². The molecule has 7 heteroatoms. The Morgan fingerprint density at radius 1 is 1.62 bits per heavy atom. The Labute approximate surface area is 101 Å². The topological polar surface area (TPSA) is 61.8 Å². The average Bonchev–Trinajstić information content (AvgIpc) is 2.31. The van der Waals surface area contributed by atoms with E-state index in [0.717, 1.165) is 0 Å². The zero-order valence-electron chi connectivity index (χ0n) is 9.22. The number of hydrogen-bond acceptors (Lipinski definition) is 5. The summed E-state index contributed by atoms with van der Waals surface area (Å²) in [5.74, 6) is -2.00. The second kappa shape index (κ2) is 8.65. The van der Waals surface area contributed by atoms with E-state index in [1.807, 2.05) is 6.92 Å². The molecule has 0 spiro atoms. The van der Waals surface area contributed by atoms with Gasteiger partial charge in [0.25, 0.3) is 0 Å². The fraction of sp³-hybridized carbons (Fsp3) is 0.667. The Hall–Kier alpha value is -0.480. The Kier molecular flexibility index (Phi) is 8.39. The summed E-state index contributed by atoms with van der Waals surface area (Å²) in [6, 6.07) is 0. The number of rotatable bonds is 8. The fourth-order valence-corrected chi connectivity index (χ4v) is 1.83. The van der Waals surface area contributed by atoms with Crippen LogP contribution in [0.25, 0.3) is 0 Å². The monoisotopic (exact) mass is 269 g/mol. The van der Waals surface area contributed by atoms with Gasteiger partial charge in [-0.2, -0.15) is 0 Å². The van der Waals surface area contributed by atoms with Crippen LogP contribution in [0.5, 0.6) is 0 Å². The molecule has 0 N–H and O–H groups in total. The molecule has 0 aromatic heterocycles. The smallest absolute Gasteiger partial charge is 0.409 e. The first-order valence-electron chi connectivity index (χ1n) is 4.62. The van der Waals surface area contributed by atoms with Crippen molar-refractivity contribution in [3.05, 3.63) is 12.7 Å². The van der Waals surface area contributed by atoms with E-state index in [2.05, 4.69) is 6.58 Å². The van der Waals surface area contributed by atoms with Crippen LogP contribution in [0, 0.1) is 0 Å². The van der Waals surface area contributed by atoms with Gasteiger partial charge in [0.1, 0.15) is 5.88 Å². The number of alkyl halides is 1. The molecule has 3 atom stereocenters. The van der Waals surface area contributed by atoms with E-state index >= 15 is 0 Å². The van der Waals surface area contributed by atoms with Crippen LogP contribution in [0.4, 0.5) is 0 Å². The molecule has 3 unspecified atom stereocenters. The molecule has 0 amide bonds. The van der Waals surface area contributed by atoms with Gasteiger partial charge >= 0.3 is 19.8 Å². The third-order valence-corrected chi connectivity index (χ3v) is 2.98. The molecule has 16 heavy (non-hydrogen) atoms. The summed E-state index contributed by atoms with van der Waals surface area (Å²) in [6.45, 7) is 5.21. The quantitative estimate of drug-likeness (QED) is 0.223. The minimum Gasteiger partial charge on any atom is -0.409 e. The third kappa shape index (κ3) is 5.56. The summed E-state index contributed by atoms with van der Waals surface area (Å²) >= 11 is 5.25. The van der Waals surface area contributed by atoms with Gasteiger partial charge in [-0.3, -0.25) is 4.79 Å². The van der Waals surface area contributed by atoms with Crippen molar-refractivity contribution >= 4 is 25.6 Å². The zero-order chi connectivity index (χ0) is 12.6. The van der Waals surface area contributed by atoms with Crippen molar-refractivity contribution in [1.82, 2.24) is 0 Å².